The highest BCUT2D eigenvalue weighted by Crippen LogP contribution is 2.40. The van der Waals surface area contributed by atoms with Gasteiger partial charge in [-0.3, -0.25) is 14.7 Å². The summed E-state index contributed by atoms with van der Waals surface area (Å²) in [7, 11) is 0. The van der Waals surface area contributed by atoms with Gasteiger partial charge in [-0.1, -0.05) is 6.07 Å². The van der Waals surface area contributed by atoms with E-state index < -0.39 is 17.7 Å². The Kier molecular flexibility index (Phi) is 5.61. The van der Waals surface area contributed by atoms with Crippen molar-refractivity contribution in [3.05, 3.63) is 65.5 Å². The number of likely N-dealkylation sites (tertiary alicyclic amines) is 2. The van der Waals surface area contributed by atoms with Crippen molar-refractivity contribution < 1.29 is 18.7 Å². The van der Waals surface area contributed by atoms with Crippen molar-refractivity contribution in [2.24, 2.45) is 5.41 Å². The second-order valence-corrected chi connectivity index (χ2v) is 8.31. The molecule has 1 amide bonds. The molecule has 5 nitrogen and oxygen atoms in total. The molecule has 1 atom stereocenters. The van der Waals surface area contributed by atoms with Crippen LogP contribution in [0.25, 0.3) is 0 Å². The van der Waals surface area contributed by atoms with Crippen molar-refractivity contribution in [2.75, 3.05) is 26.2 Å². The number of pyridine rings is 1. The summed E-state index contributed by atoms with van der Waals surface area (Å²) in [6.07, 6.45) is 5.03. The van der Waals surface area contributed by atoms with Crippen molar-refractivity contribution in [1.82, 2.24) is 14.8 Å². The molecule has 0 aliphatic carbocycles. The van der Waals surface area contributed by atoms with E-state index in [4.69, 9.17) is 0 Å². The zero-order chi connectivity index (χ0) is 20.4. The highest BCUT2D eigenvalue weighted by Gasteiger charge is 2.42. The summed E-state index contributed by atoms with van der Waals surface area (Å²) in [5.41, 5.74) is 1.17. The molecule has 2 aliphatic rings. The molecule has 1 spiro atoms. The summed E-state index contributed by atoms with van der Waals surface area (Å²) >= 11 is 0. The number of nitrogens with zero attached hydrogens (tertiary/aromatic N) is 3. The molecule has 29 heavy (non-hydrogen) atoms. The van der Waals surface area contributed by atoms with E-state index >= 15 is 0 Å². The minimum absolute atomic E-state index is 0.0968. The maximum atomic E-state index is 13.5. The zero-order valence-electron chi connectivity index (χ0n) is 16.2. The largest absolute Gasteiger partial charge is 0.391 e. The fraction of sp³-hybridized carbons (Fsp3) is 0.455. The molecule has 7 heteroatoms. The summed E-state index contributed by atoms with van der Waals surface area (Å²) in [5, 5.41) is 10.5. The van der Waals surface area contributed by atoms with Crippen LogP contribution in [0.15, 0.2) is 42.7 Å². The predicted octanol–water partition coefficient (Wildman–Crippen LogP) is 2.85. The average molecular weight is 401 g/mol. The van der Waals surface area contributed by atoms with Gasteiger partial charge in [0.2, 0.25) is 0 Å². The third-order valence-corrected chi connectivity index (χ3v) is 6.13. The molecule has 2 aromatic rings. The minimum Gasteiger partial charge on any atom is -0.391 e. The number of aromatic nitrogens is 1. The fourth-order valence-corrected chi connectivity index (χ4v) is 4.62. The van der Waals surface area contributed by atoms with Crippen LogP contribution < -0.4 is 0 Å². The Labute approximate surface area is 169 Å². The van der Waals surface area contributed by atoms with Gasteiger partial charge >= 0.3 is 0 Å². The third-order valence-electron chi connectivity index (χ3n) is 6.13. The number of rotatable bonds is 3. The van der Waals surface area contributed by atoms with Crippen LogP contribution in [0.2, 0.25) is 0 Å². The normalized spacial score (nSPS) is 22.0. The predicted molar refractivity (Wildman–Crippen MR) is 104 cm³/mol. The summed E-state index contributed by atoms with van der Waals surface area (Å²) < 4.78 is 26.6. The second-order valence-electron chi connectivity index (χ2n) is 8.31. The average Bonchev–Trinajstić information content (AvgIpc) is 2.72. The van der Waals surface area contributed by atoms with Gasteiger partial charge in [0.1, 0.15) is 0 Å². The van der Waals surface area contributed by atoms with E-state index in [9.17, 15) is 18.7 Å². The van der Waals surface area contributed by atoms with E-state index in [1.165, 1.54) is 6.07 Å². The van der Waals surface area contributed by atoms with Gasteiger partial charge in [-0.05, 0) is 67.6 Å². The Morgan fingerprint density at radius 3 is 2.69 bits per heavy atom. The molecule has 1 aromatic carbocycles. The smallest absolute Gasteiger partial charge is 0.255 e. The van der Waals surface area contributed by atoms with Crippen LogP contribution in [-0.4, -0.2) is 58.1 Å². The first-order valence-corrected chi connectivity index (χ1v) is 9.98. The number of aliphatic hydroxyl groups is 1. The number of carbonyl (C=O) groups excluding carboxylic acids is 1. The second kappa shape index (κ2) is 8.16. The van der Waals surface area contributed by atoms with E-state index in [0.29, 0.717) is 31.6 Å². The molecule has 0 radical (unpaired) electrons. The molecule has 3 heterocycles. The molecule has 1 N–H and O–H groups in total. The summed E-state index contributed by atoms with van der Waals surface area (Å²) in [4.78, 5) is 20.8. The van der Waals surface area contributed by atoms with Crippen molar-refractivity contribution in [2.45, 2.75) is 31.9 Å². The van der Waals surface area contributed by atoms with E-state index in [2.05, 4.69) is 9.88 Å². The Morgan fingerprint density at radius 1 is 1.21 bits per heavy atom. The van der Waals surface area contributed by atoms with Crippen molar-refractivity contribution in [3.63, 3.8) is 0 Å². The standard InChI is InChI=1S/C22H25F2N3O2/c23-19-4-3-16(10-20(19)24)13-26-8-5-22(6-9-26)11-18(28)14-27(15-22)21(29)17-2-1-7-25-12-17/h1-4,7,10,12,18,28H,5-6,8-9,11,13-15H2. The number of aliphatic hydroxyl groups excluding tert-OH is 1. The molecular formula is C22H25F2N3O2. The van der Waals surface area contributed by atoms with Crippen LogP contribution in [0.4, 0.5) is 8.78 Å². The van der Waals surface area contributed by atoms with Crippen LogP contribution in [0.5, 0.6) is 0 Å². The number of benzene rings is 1. The SMILES string of the molecule is O=C(c1cccnc1)N1CC(O)CC2(CCN(Cc3ccc(F)c(F)c3)CC2)C1. The van der Waals surface area contributed by atoms with Gasteiger partial charge in [-0.2, -0.15) is 0 Å². The van der Waals surface area contributed by atoms with E-state index in [1.54, 1.807) is 35.5 Å². The topological polar surface area (TPSA) is 56.7 Å². The quantitative estimate of drug-likeness (QED) is 0.859. The molecule has 4 rings (SSSR count). The molecule has 0 saturated carbocycles. The van der Waals surface area contributed by atoms with Crippen molar-refractivity contribution >= 4 is 5.91 Å². The van der Waals surface area contributed by atoms with Gasteiger partial charge in [-0.25, -0.2) is 8.78 Å². The van der Waals surface area contributed by atoms with Gasteiger partial charge in [0, 0.05) is 32.0 Å². The summed E-state index contributed by atoms with van der Waals surface area (Å²) in [5.74, 6) is -1.75. The maximum Gasteiger partial charge on any atom is 0.255 e. The van der Waals surface area contributed by atoms with Crippen molar-refractivity contribution in [1.29, 1.82) is 0 Å². The summed E-state index contributed by atoms with van der Waals surface area (Å²) in [6.45, 7) is 3.11. The lowest BCUT2D eigenvalue weighted by atomic mass is 9.71. The first-order valence-electron chi connectivity index (χ1n) is 9.98. The van der Waals surface area contributed by atoms with Gasteiger partial charge in [0.25, 0.3) is 5.91 Å². The van der Waals surface area contributed by atoms with Gasteiger partial charge in [0.05, 0.1) is 11.7 Å². The third kappa shape index (κ3) is 4.46. The number of carbonyl (C=O) groups is 1. The fourth-order valence-electron chi connectivity index (χ4n) is 4.62. The number of hydrogen-bond donors (Lipinski definition) is 1. The maximum absolute atomic E-state index is 13.5. The van der Waals surface area contributed by atoms with Crippen LogP contribution in [0, 0.1) is 17.0 Å². The monoisotopic (exact) mass is 401 g/mol. The van der Waals surface area contributed by atoms with Gasteiger partial charge in [0.15, 0.2) is 11.6 Å². The van der Waals surface area contributed by atoms with Crippen LogP contribution in [-0.2, 0) is 6.54 Å². The molecule has 1 unspecified atom stereocenters. The van der Waals surface area contributed by atoms with E-state index in [0.717, 1.165) is 37.6 Å². The first-order chi connectivity index (χ1) is 13.9. The lowest BCUT2D eigenvalue weighted by Crippen LogP contribution is -2.55. The number of β-amino-alcohol motifs (C(OH)–C–C–N with tert-alkyl or cyclic N) is 1. The van der Waals surface area contributed by atoms with E-state index in [-0.39, 0.29) is 11.3 Å². The molecule has 2 fully saturated rings. The van der Waals surface area contributed by atoms with Crippen molar-refractivity contribution in [3.8, 4) is 0 Å². The lowest BCUT2D eigenvalue weighted by molar-refractivity contribution is -0.0337. The number of piperidine rings is 2. The zero-order valence-corrected chi connectivity index (χ0v) is 16.2. The Hall–Kier alpha value is -2.38. The highest BCUT2D eigenvalue weighted by molar-refractivity contribution is 5.94. The summed E-state index contributed by atoms with van der Waals surface area (Å²) in [6, 6.07) is 7.50. The Bertz CT molecular complexity index is 870. The lowest BCUT2D eigenvalue weighted by Gasteiger charge is -2.49. The number of amides is 1. The van der Waals surface area contributed by atoms with Gasteiger partial charge < -0.3 is 10.0 Å². The van der Waals surface area contributed by atoms with Gasteiger partial charge in [-0.15, -0.1) is 0 Å². The molecule has 2 aliphatic heterocycles. The highest BCUT2D eigenvalue weighted by atomic mass is 19.2. The number of halogens is 2. The molecule has 2 saturated heterocycles. The van der Waals surface area contributed by atoms with Crippen LogP contribution in [0.3, 0.4) is 0 Å². The molecule has 154 valence electrons. The van der Waals surface area contributed by atoms with Crippen LogP contribution in [0.1, 0.15) is 35.2 Å². The molecule has 0 bridgehead atoms. The van der Waals surface area contributed by atoms with Crippen LogP contribution >= 0.6 is 0 Å². The first kappa shape index (κ1) is 19.9. The van der Waals surface area contributed by atoms with E-state index in [1.807, 2.05) is 0 Å². The number of hydrogen-bond acceptors (Lipinski definition) is 4. The Morgan fingerprint density at radius 2 is 2.00 bits per heavy atom. The minimum atomic E-state index is -0.832. The molecule has 1 aromatic heterocycles. The Balaban J connectivity index is 1.40. The molecular weight excluding hydrogens is 376 g/mol.